The molecule has 0 aromatic heterocycles. The molecule has 0 saturated heterocycles. The Morgan fingerprint density at radius 1 is 0.944 bits per heavy atom. The highest BCUT2D eigenvalue weighted by Gasteiger charge is 2.13. The fraction of sp³-hybridized carbons (Fsp3) is 0.143. The summed E-state index contributed by atoms with van der Waals surface area (Å²) in [6.07, 6.45) is 0.572. The number of fused-ring (bicyclic) bond motifs is 1. The van der Waals surface area contributed by atoms with Gasteiger partial charge in [-0.05, 0) is 29.3 Å². The molecular weight excluding hydrogens is 232 g/mol. The lowest BCUT2D eigenvalue weighted by Gasteiger charge is -2.06. The van der Waals surface area contributed by atoms with Gasteiger partial charge in [0.15, 0.2) is 11.5 Å². The minimum Gasteiger partial charge on any atom is -0.508 e. The Labute approximate surface area is 104 Å². The van der Waals surface area contributed by atoms with Crippen LogP contribution in [0.25, 0.3) is 0 Å². The van der Waals surface area contributed by atoms with E-state index >= 15 is 0 Å². The predicted octanol–water partition coefficient (Wildman–Crippen LogP) is 2.42. The van der Waals surface area contributed by atoms with Crippen LogP contribution in [0.4, 0.5) is 0 Å². The maximum absolute atomic E-state index is 9.73. The van der Waals surface area contributed by atoms with Crippen LogP contribution in [0, 0.1) is 0 Å². The highest BCUT2D eigenvalue weighted by Crippen LogP contribution is 2.34. The highest BCUT2D eigenvalue weighted by molar-refractivity contribution is 5.47. The van der Waals surface area contributed by atoms with Gasteiger partial charge >= 0.3 is 0 Å². The third-order valence-corrected chi connectivity index (χ3v) is 2.90. The Morgan fingerprint density at radius 2 is 1.78 bits per heavy atom. The monoisotopic (exact) mass is 244 g/mol. The van der Waals surface area contributed by atoms with E-state index in [4.69, 9.17) is 9.47 Å². The smallest absolute Gasteiger partial charge is 0.231 e. The Kier molecular flexibility index (Phi) is 2.48. The Balaban J connectivity index is 1.88. The number of aromatic hydroxyl groups is 2. The average Bonchev–Trinajstić information content (AvgIpc) is 2.80. The summed E-state index contributed by atoms with van der Waals surface area (Å²) in [5.74, 6) is 1.62. The van der Waals surface area contributed by atoms with Crippen LogP contribution in [0.5, 0.6) is 23.0 Å². The first kappa shape index (κ1) is 10.8. The maximum atomic E-state index is 9.73. The maximum Gasteiger partial charge on any atom is 0.231 e. The first-order chi connectivity index (χ1) is 8.72. The summed E-state index contributed by atoms with van der Waals surface area (Å²) in [6.45, 7) is 0.253. The third kappa shape index (κ3) is 1.93. The van der Waals surface area contributed by atoms with Crippen molar-refractivity contribution in [1.82, 2.24) is 0 Å². The van der Waals surface area contributed by atoms with Crippen molar-refractivity contribution in [1.29, 1.82) is 0 Å². The molecule has 1 heterocycles. The zero-order valence-corrected chi connectivity index (χ0v) is 9.59. The number of benzene rings is 2. The molecule has 92 valence electrons. The van der Waals surface area contributed by atoms with E-state index in [-0.39, 0.29) is 18.3 Å². The molecule has 4 heteroatoms. The highest BCUT2D eigenvalue weighted by atomic mass is 16.7. The van der Waals surface area contributed by atoms with Gasteiger partial charge in [-0.15, -0.1) is 0 Å². The van der Waals surface area contributed by atoms with E-state index in [0.29, 0.717) is 6.42 Å². The molecule has 2 aromatic carbocycles. The molecule has 0 unspecified atom stereocenters. The van der Waals surface area contributed by atoms with Crippen LogP contribution in [0.3, 0.4) is 0 Å². The molecule has 1 aliphatic rings. The topological polar surface area (TPSA) is 58.9 Å². The molecule has 2 aromatic rings. The van der Waals surface area contributed by atoms with Gasteiger partial charge in [0.2, 0.25) is 6.79 Å². The minimum absolute atomic E-state index is 0.0573. The molecule has 3 rings (SSSR count). The molecule has 4 nitrogen and oxygen atoms in total. The van der Waals surface area contributed by atoms with E-state index in [9.17, 15) is 10.2 Å². The van der Waals surface area contributed by atoms with E-state index in [1.807, 2.05) is 18.2 Å². The number of phenolic OH excluding ortho intramolecular Hbond substituents is 2. The van der Waals surface area contributed by atoms with Gasteiger partial charge in [0.1, 0.15) is 11.5 Å². The van der Waals surface area contributed by atoms with Crippen molar-refractivity contribution in [3.05, 3.63) is 47.5 Å². The van der Waals surface area contributed by atoms with Crippen molar-refractivity contribution in [3.63, 3.8) is 0 Å². The van der Waals surface area contributed by atoms with Crippen molar-refractivity contribution in [3.8, 4) is 23.0 Å². The normalized spacial score (nSPS) is 12.7. The first-order valence-corrected chi connectivity index (χ1v) is 5.62. The van der Waals surface area contributed by atoms with Crippen molar-refractivity contribution in [2.75, 3.05) is 6.79 Å². The number of phenols is 2. The van der Waals surface area contributed by atoms with Crippen molar-refractivity contribution in [2.24, 2.45) is 0 Å². The summed E-state index contributed by atoms with van der Waals surface area (Å²) in [5.41, 5.74) is 1.77. The second-order valence-electron chi connectivity index (χ2n) is 4.18. The average molecular weight is 244 g/mol. The predicted molar refractivity (Wildman–Crippen MR) is 65.1 cm³/mol. The summed E-state index contributed by atoms with van der Waals surface area (Å²) < 4.78 is 10.5. The van der Waals surface area contributed by atoms with E-state index in [1.165, 1.54) is 6.07 Å². The molecule has 0 aliphatic carbocycles. The van der Waals surface area contributed by atoms with Gasteiger partial charge in [0.25, 0.3) is 0 Å². The fourth-order valence-electron chi connectivity index (χ4n) is 1.97. The Bertz CT molecular complexity index is 592. The molecule has 0 spiro atoms. The minimum atomic E-state index is 0.0573. The van der Waals surface area contributed by atoms with Crippen LogP contribution < -0.4 is 9.47 Å². The quantitative estimate of drug-likeness (QED) is 0.851. The van der Waals surface area contributed by atoms with Crippen molar-refractivity contribution in [2.45, 2.75) is 6.42 Å². The molecule has 0 amide bonds. The van der Waals surface area contributed by atoms with Crippen molar-refractivity contribution >= 4 is 0 Å². The van der Waals surface area contributed by atoms with Crippen molar-refractivity contribution < 1.29 is 19.7 Å². The third-order valence-electron chi connectivity index (χ3n) is 2.90. The van der Waals surface area contributed by atoms with Gasteiger partial charge in [0, 0.05) is 12.5 Å². The van der Waals surface area contributed by atoms with Gasteiger partial charge in [-0.3, -0.25) is 0 Å². The summed E-state index contributed by atoms with van der Waals surface area (Å²) in [5, 5.41) is 19.0. The Morgan fingerprint density at radius 3 is 2.61 bits per heavy atom. The second kappa shape index (κ2) is 4.14. The largest absolute Gasteiger partial charge is 0.508 e. The lowest BCUT2D eigenvalue weighted by Crippen LogP contribution is -1.93. The molecular formula is C14H12O4. The number of hydrogen-bond donors (Lipinski definition) is 2. The first-order valence-electron chi connectivity index (χ1n) is 5.62. The zero-order chi connectivity index (χ0) is 12.5. The standard InChI is InChI=1S/C14H12O4/c15-11-3-2-10(12(16)7-11)5-9-1-4-13-14(6-9)18-8-17-13/h1-4,6-7,15-16H,5,8H2. The van der Waals surface area contributed by atoms with Gasteiger partial charge in [-0.25, -0.2) is 0 Å². The van der Waals surface area contributed by atoms with Gasteiger partial charge < -0.3 is 19.7 Å². The molecule has 0 atom stereocenters. The molecule has 2 N–H and O–H groups in total. The summed E-state index contributed by atoms with van der Waals surface area (Å²) >= 11 is 0. The number of rotatable bonds is 2. The van der Waals surface area contributed by atoms with E-state index in [1.54, 1.807) is 12.1 Å². The molecule has 0 fully saturated rings. The molecule has 0 radical (unpaired) electrons. The van der Waals surface area contributed by atoms with Crippen LogP contribution >= 0.6 is 0 Å². The Hall–Kier alpha value is -2.36. The molecule has 18 heavy (non-hydrogen) atoms. The summed E-state index contributed by atoms with van der Waals surface area (Å²) in [6, 6.07) is 10.3. The summed E-state index contributed by atoms with van der Waals surface area (Å²) in [4.78, 5) is 0. The fourth-order valence-corrected chi connectivity index (χ4v) is 1.97. The molecule has 0 saturated carbocycles. The van der Waals surface area contributed by atoms with Gasteiger partial charge in [-0.1, -0.05) is 12.1 Å². The number of hydrogen-bond acceptors (Lipinski definition) is 4. The SMILES string of the molecule is Oc1ccc(Cc2ccc3c(c2)OCO3)c(O)c1. The lowest BCUT2D eigenvalue weighted by molar-refractivity contribution is 0.174. The van der Waals surface area contributed by atoms with Crippen LogP contribution in [0.15, 0.2) is 36.4 Å². The lowest BCUT2D eigenvalue weighted by atomic mass is 10.0. The number of ether oxygens (including phenoxy) is 2. The van der Waals surface area contributed by atoms with Gasteiger partial charge in [0.05, 0.1) is 0 Å². The second-order valence-corrected chi connectivity index (χ2v) is 4.18. The van der Waals surface area contributed by atoms with Crippen LogP contribution in [-0.4, -0.2) is 17.0 Å². The van der Waals surface area contributed by atoms with E-state index in [0.717, 1.165) is 22.6 Å². The molecule has 1 aliphatic heterocycles. The summed E-state index contributed by atoms with van der Waals surface area (Å²) in [7, 11) is 0. The molecule has 0 bridgehead atoms. The van der Waals surface area contributed by atoms with E-state index < -0.39 is 0 Å². The van der Waals surface area contributed by atoms with Crippen LogP contribution in [0.2, 0.25) is 0 Å². The van der Waals surface area contributed by atoms with E-state index in [2.05, 4.69) is 0 Å². The van der Waals surface area contributed by atoms with Crippen LogP contribution in [-0.2, 0) is 6.42 Å². The van der Waals surface area contributed by atoms with Crippen LogP contribution in [0.1, 0.15) is 11.1 Å². The van der Waals surface area contributed by atoms with Gasteiger partial charge in [-0.2, -0.15) is 0 Å². The zero-order valence-electron chi connectivity index (χ0n) is 9.59.